The molecule has 8 nitrogen and oxygen atoms in total. The Morgan fingerprint density at radius 1 is 1.28 bits per heavy atom. The van der Waals surface area contributed by atoms with Gasteiger partial charge in [0.15, 0.2) is 5.78 Å². The standard InChI is InChI=1S/C27H28N2O6S/c1-34-16-8-9-18(19(30)13-16)23(31)21-20-10-11-27(35-20)22(21)26(33)29(14-17-7-4-12-36-17)24(27)25(32)28-15-5-2-3-6-15/h4,7-13,15,20-22,24,30H,2-3,5-6,14H2,1H3,(H,28,32)/t20-,21+,22-,24+,27-/m0/s1. The van der Waals surface area contributed by atoms with Crippen molar-refractivity contribution in [3.63, 3.8) is 0 Å². The Morgan fingerprint density at radius 3 is 2.78 bits per heavy atom. The van der Waals surface area contributed by atoms with E-state index in [4.69, 9.17) is 9.47 Å². The summed E-state index contributed by atoms with van der Waals surface area (Å²) in [5, 5.41) is 15.6. The van der Waals surface area contributed by atoms with Gasteiger partial charge in [0.25, 0.3) is 0 Å². The Bertz CT molecular complexity index is 1240. The lowest BCUT2D eigenvalue weighted by Crippen LogP contribution is -2.55. The van der Waals surface area contributed by atoms with E-state index >= 15 is 0 Å². The Kier molecular flexibility index (Phi) is 5.64. The number of rotatable bonds is 7. The number of hydrogen-bond donors (Lipinski definition) is 2. The monoisotopic (exact) mass is 508 g/mol. The first-order chi connectivity index (χ1) is 17.4. The second-order valence-corrected chi connectivity index (χ2v) is 11.0. The molecule has 1 aromatic heterocycles. The van der Waals surface area contributed by atoms with Crippen LogP contribution in [0.2, 0.25) is 0 Å². The zero-order valence-electron chi connectivity index (χ0n) is 19.9. The number of aromatic hydroxyl groups is 1. The fourth-order valence-electron chi connectivity index (χ4n) is 6.38. The summed E-state index contributed by atoms with van der Waals surface area (Å²) in [5.74, 6) is -2.35. The van der Waals surface area contributed by atoms with Crippen LogP contribution in [-0.2, 0) is 20.9 Å². The number of phenolic OH excluding ortho intramolecular Hbond substituents is 1. The molecule has 2 saturated heterocycles. The van der Waals surface area contributed by atoms with Crippen molar-refractivity contribution in [2.75, 3.05) is 7.11 Å². The molecule has 5 atom stereocenters. The molecule has 3 fully saturated rings. The van der Waals surface area contributed by atoms with Gasteiger partial charge in [-0.25, -0.2) is 0 Å². The highest BCUT2D eigenvalue weighted by atomic mass is 32.1. The molecule has 2 N–H and O–H groups in total. The van der Waals surface area contributed by atoms with Crippen molar-refractivity contribution in [3.05, 3.63) is 58.3 Å². The summed E-state index contributed by atoms with van der Waals surface area (Å²) in [6, 6.07) is 7.54. The summed E-state index contributed by atoms with van der Waals surface area (Å²) in [5.41, 5.74) is -1.11. The van der Waals surface area contributed by atoms with Gasteiger partial charge in [0.1, 0.15) is 23.1 Å². The Hall–Kier alpha value is -3.17. The third-order valence-corrected chi connectivity index (χ3v) is 8.86. The first kappa shape index (κ1) is 23.2. The second-order valence-electron chi connectivity index (χ2n) is 9.98. The topological polar surface area (TPSA) is 105 Å². The van der Waals surface area contributed by atoms with Gasteiger partial charge in [-0.15, -0.1) is 11.3 Å². The fraction of sp³-hybridized carbons (Fsp3) is 0.444. The van der Waals surface area contributed by atoms with Crippen LogP contribution < -0.4 is 10.1 Å². The Labute approximate surface area is 212 Å². The number of carbonyl (C=O) groups is 3. The molecule has 188 valence electrons. The van der Waals surface area contributed by atoms with E-state index in [0.29, 0.717) is 5.75 Å². The summed E-state index contributed by atoms with van der Waals surface area (Å²) in [7, 11) is 1.48. The van der Waals surface area contributed by atoms with Crippen molar-refractivity contribution in [1.82, 2.24) is 10.2 Å². The van der Waals surface area contributed by atoms with E-state index in [1.165, 1.54) is 30.6 Å². The Balaban J connectivity index is 1.37. The van der Waals surface area contributed by atoms with Gasteiger partial charge in [0, 0.05) is 17.0 Å². The highest BCUT2D eigenvalue weighted by Gasteiger charge is 2.72. The van der Waals surface area contributed by atoms with Crippen molar-refractivity contribution < 1.29 is 29.0 Å². The molecule has 1 aromatic carbocycles. The number of fused-ring (bicyclic) bond motifs is 1. The molecule has 4 heterocycles. The fourth-order valence-corrected chi connectivity index (χ4v) is 7.09. The average molecular weight is 509 g/mol. The number of methoxy groups -OCH3 is 1. The molecule has 0 unspecified atom stereocenters. The van der Waals surface area contributed by atoms with Crippen LogP contribution in [0, 0.1) is 11.8 Å². The van der Waals surface area contributed by atoms with Crippen LogP contribution in [0.4, 0.5) is 0 Å². The lowest BCUT2D eigenvalue weighted by Gasteiger charge is -2.32. The molecule has 2 amide bonds. The first-order valence-electron chi connectivity index (χ1n) is 12.3. The van der Waals surface area contributed by atoms with Crippen LogP contribution in [0.1, 0.15) is 40.9 Å². The number of carbonyl (C=O) groups excluding carboxylic acids is 3. The number of amides is 2. The molecular weight excluding hydrogens is 480 g/mol. The SMILES string of the molecule is COc1ccc(C(=O)[C@@H]2[C@@H]3C=C[C@]4(O3)[C@@H]2C(=O)N(Cc2cccs2)[C@@H]4C(=O)NC2CCCC2)c(O)c1. The number of phenols is 1. The van der Waals surface area contributed by atoms with Crippen molar-refractivity contribution in [3.8, 4) is 11.5 Å². The molecule has 1 saturated carbocycles. The number of ether oxygens (including phenoxy) is 2. The maximum Gasteiger partial charge on any atom is 0.246 e. The molecule has 4 aliphatic rings. The molecule has 6 rings (SSSR count). The quantitative estimate of drug-likeness (QED) is 0.440. The number of Topliss-reactive ketones (excluding diaryl/α,β-unsaturated/α-hetero) is 1. The number of ketones is 1. The molecule has 1 aliphatic carbocycles. The van der Waals surface area contributed by atoms with E-state index in [0.717, 1.165) is 30.6 Å². The number of hydrogen-bond acceptors (Lipinski definition) is 7. The van der Waals surface area contributed by atoms with E-state index in [1.807, 2.05) is 23.6 Å². The smallest absolute Gasteiger partial charge is 0.246 e. The lowest BCUT2D eigenvalue weighted by molar-refractivity contribution is -0.140. The average Bonchev–Trinajstić information content (AvgIpc) is 3.69. The Morgan fingerprint density at radius 2 is 2.08 bits per heavy atom. The van der Waals surface area contributed by atoms with Crippen molar-refractivity contribution in [2.24, 2.45) is 11.8 Å². The number of thiophene rings is 1. The van der Waals surface area contributed by atoms with Crippen LogP contribution in [-0.4, -0.2) is 58.5 Å². The molecule has 0 radical (unpaired) electrons. The lowest BCUT2D eigenvalue weighted by atomic mass is 9.72. The molecule has 36 heavy (non-hydrogen) atoms. The van der Waals surface area contributed by atoms with Crippen LogP contribution in [0.15, 0.2) is 47.9 Å². The van der Waals surface area contributed by atoms with E-state index in [2.05, 4.69) is 5.32 Å². The van der Waals surface area contributed by atoms with Crippen LogP contribution >= 0.6 is 11.3 Å². The minimum atomic E-state index is -1.22. The molecule has 2 aromatic rings. The number of likely N-dealkylation sites (tertiary alicyclic amines) is 1. The predicted molar refractivity (Wildman–Crippen MR) is 132 cm³/mol. The molecule has 1 spiro atoms. The van der Waals surface area contributed by atoms with Crippen molar-refractivity contribution in [2.45, 2.75) is 56.0 Å². The normalized spacial score (nSPS) is 30.7. The van der Waals surface area contributed by atoms with E-state index in [1.54, 1.807) is 17.0 Å². The minimum Gasteiger partial charge on any atom is -0.507 e. The largest absolute Gasteiger partial charge is 0.507 e. The summed E-state index contributed by atoms with van der Waals surface area (Å²) in [6.07, 6.45) is 6.94. The summed E-state index contributed by atoms with van der Waals surface area (Å²) in [4.78, 5) is 44.0. The van der Waals surface area contributed by atoms with Gasteiger partial charge in [-0.2, -0.15) is 0 Å². The first-order valence-corrected chi connectivity index (χ1v) is 13.2. The van der Waals surface area contributed by atoms with Crippen molar-refractivity contribution >= 4 is 28.9 Å². The van der Waals surface area contributed by atoms with Gasteiger partial charge in [-0.1, -0.05) is 31.1 Å². The third-order valence-electron chi connectivity index (χ3n) is 8.00. The van der Waals surface area contributed by atoms with Crippen LogP contribution in [0.5, 0.6) is 11.5 Å². The molecular formula is C27H28N2O6S. The van der Waals surface area contributed by atoms with Crippen LogP contribution in [0.25, 0.3) is 0 Å². The van der Waals surface area contributed by atoms with Gasteiger partial charge in [0.05, 0.1) is 37.2 Å². The molecule has 3 aliphatic heterocycles. The number of nitrogens with one attached hydrogen (secondary N) is 1. The minimum absolute atomic E-state index is 0.0860. The highest BCUT2D eigenvalue weighted by Crippen LogP contribution is 2.56. The van der Waals surface area contributed by atoms with Gasteiger partial charge < -0.3 is 24.8 Å². The zero-order chi connectivity index (χ0) is 25.0. The predicted octanol–water partition coefficient (Wildman–Crippen LogP) is 3.05. The number of benzene rings is 1. The third kappa shape index (κ3) is 3.48. The molecule has 9 heteroatoms. The number of nitrogens with zero attached hydrogens (tertiary/aromatic N) is 1. The summed E-state index contributed by atoms with van der Waals surface area (Å²) < 4.78 is 11.5. The van der Waals surface area contributed by atoms with Gasteiger partial charge in [-0.3, -0.25) is 14.4 Å². The van der Waals surface area contributed by atoms with E-state index < -0.39 is 29.6 Å². The summed E-state index contributed by atoms with van der Waals surface area (Å²) in [6.45, 7) is 0.272. The highest BCUT2D eigenvalue weighted by molar-refractivity contribution is 7.09. The maximum atomic E-state index is 14.0. The van der Waals surface area contributed by atoms with E-state index in [-0.39, 0.29) is 41.5 Å². The van der Waals surface area contributed by atoms with Gasteiger partial charge in [0.2, 0.25) is 11.8 Å². The summed E-state index contributed by atoms with van der Waals surface area (Å²) >= 11 is 1.52. The van der Waals surface area contributed by atoms with E-state index in [9.17, 15) is 19.5 Å². The second kappa shape index (κ2) is 8.74. The van der Waals surface area contributed by atoms with Gasteiger partial charge in [-0.05, 0) is 36.4 Å². The molecule has 2 bridgehead atoms. The van der Waals surface area contributed by atoms with Crippen molar-refractivity contribution in [1.29, 1.82) is 0 Å². The maximum absolute atomic E-state index is 14.0. The van der Waals surface area contributed by atoms with Gasteiger partial charge >= 0.3 is 0 Å². The zero-order valence-corrected chi connectivity index (χ0v) is 20.7. The van der Waals surface area contributed by atoms with Crippen LogP contribution in [0.3, 0.4) is 0 Å².